The first-order valence-corrected chi connectivity index (χ1v) is 8.06. The quantitative estimate of drug-likeness (QED) is 0.742. The lowest BCUT2D eigenvalue weighted by Crippen LogP contribution is -2.42. The normalized spacial score (nSPS) is 32.3. The van der Waals surface area contributed by atoms with E-state index in [0.717, 1.165) is 32.7 Å². The molecule has 1 saturated heterocycles. The van der Waals surface area contributed by atoms with E-state index in [-0.39, 0.29) is 12.1 Å². The molecule has 0 N–H and O–H groups in total. The molecule has 0 radical (unpaired) electrons. The first-order chi connectivity index (χ1) is 9.56. The molecule has 0 aromatic heterocycles. The van der Waals surface area contributed by atoms with Gasteiger partial charge in [-0.1, -0.05) is 27.2 Å². The Labute approximate surface area is 122 Å². The van der Waals surface area contributed by atoms with E-state index >= 15 is 0 Å². The van der Waals surface area contributed by atoms with Crippen molar-refractivity contribution >= 4 is 5.97 Å². The Kier molecular flexibility index (Phi) is 5.85. The van der Waals surface area contributed by atoms with Crippen LogP contribution < -0.4 is 0 Å². The molecule has 0 spiro atoms. The van der Waals surface area contributed by atoms with Crippen molar-refractivity contribution in [3.63, 3.8) is 0 Å². The molecule has 0 aromatic carbocycles. The van der Waals surface area contributed by atoms with Gasteiger partial charge in [0.25, 0.3) is 0 Å². The van der Waals surface area contributed by atoms with Gasteiger partial charge in [0.05, 0.1) is 19.8 Å². The summed E-state index contributed by atoms with van der Waals surface area (Å²) >= 11 is 0. The summed E-state index contributed by atoms with van der Waals surface area (Å²) in [5, 5.41) is 0. The molecule has 0 unspecified atom stereocenters. The van der Waals surface area contributed by atoms with Crippen molar-refractivity contribution in [2.75, 3.05) is 32.8 Å². The minimum Gasteiger partial charge on any atom is -0.461 e. The Hall–Kier alpha value is -0.610. The van der Waals surface area contributed by atoms with Gasteiger partial charge < -0.3 is 9.47 Å². The van der Waals surface area contributed by atoms with Gasteiger partial charge in [-0.2, -0.15) is 0 Å². The highest BCUT2D eigenvalue weighted by Crippen LogP contribution is 2.35. The highest BCUT2D eigenvalue weighted by molar-refractivity contribution is 5.71. The summed E-state index contributed by atoms with van der Waals surface area (Å²) < 4.78 is 11.1. The lowest BCUT2D eigenvalue weighted by Gasteiger charge is -2.37. The van der Waals surface area contributed by atoms with Crippen LogP contribution in [0.3, 0.4) is 0 Å². The van der Waals surface area contributed by atoms with Crippen LogP contribution in [0.2, 0.25) is 0 Å². The van der Waals surface area contributed by atoms with Crippen molar-refractivity contribution < 1.29 is 14.3 Å². The van der Waals surface area contributed by atoms with Crippen LogP contribution in [-0.2, 0) is 14.3 Å². The Balaban J connectivity index is 1.83. The molecule has 20 heavy (non-hydrogen) atoms. The average Bonchev–Trinajstić information content (AvgIpc) is 2.39. The van der Waals surface area contributed by atoms with Crippen LogP contribution in [0.4, 0.5) is 0 Å². The highest BCUT2D eigenvalue weighted by Gasteiger charge is 2.33. The fourth-order valence-corrected chi connectivity index (χ4v) is 3.40. The van der Waals surface area contributed by atoms with E-state index < -0.39 is 0 Å². The monoisotopic (exact) mass is 283 g/mol. The third-order valence-corrected chi connectivity index (χ3v) is 4.70. The van der Waals surface area contributed by atoms with Crippen molar-refractivity contribution in [1.82, 2.24) is 4.90 Å². The van der Waals surface area contributed by atoms with E-state index in [9.17, 15) is 4.79 Å². The molecule has 0 amide bonds. The van der Waals surface area contributed by atoms with Gasteiger partial charge in [0.15, 0.2) is 0 Å². The fraction of sp³-hybridized carbons (Fsp3) is 0.938. The predicted octanol–water partition coefficient (Wildman–Crippen LogP) is 2.32. The topological polar surface area (TPSA) is 38.8 Å². The Morgan fingerprint density at radius 2 is 2.00 bits per heavy atom. The van der Waals surface area contributed by atoms with E-state index in [1.807, 2.05) is 0 Å². The molecule has 116 valence electrons. The number of carbonyl (C=O) groups excluding carboxylic acids is 1. The summed E-state index contributed by atoms with van der Waals surface area (Å²) in [5.41, 5.74) is 0. The number of hydrogen-bond acceptors (Lipinski definition) is 4. The first kappa shape index (κ1) is 15.8. The number of hydrogen-bond donors (Lipinski definition) is 0. The number of ether oxygens (including phenoxy) is 2. The van der Waals surface area contributed by atoms with Crippen LogP contribution in [-0.4, -0.2) is 49.8 Å². The standard InChI is InChI=1S/C16H29NO3/c1-12(2)14-5-4-13(3)10-15(14)20-16(18)11-17-6-8-19-9-7-17/h12-15H,4-11H2,1-3H3/t13-,14+,15+/m0/s1. The number of morpholine rings is 1. The van der Waals surface area contributed by atoms with Gasteiger partial charge in [-0.3, -0.25) is 9.69 Å². The molecule has 1 saturated carbocycles. The molecule has 1 heterocycles. The summed E-state index contributed by atoms with van der Waals surface area (Å²) in [4.78, 5) is 14.3. The van der Waals surface area contributed by atoms with Gasteiger partial charge in [-0.25, -0.2) is 0 Å². The third-order valence-electron chi connectivity index (χ3n) is 4.70. The molecule has 0 bridgehead atoms. The minimum atomic E-state index is -0.0587. The zero-order valence-corrected chi connectivity index (χ0v) is 13.1. The van der Waals surface area contributed by atoms with Crippen molar-refractivity contribution in [3.05, 3.63) is 0 Å². The second-order valence-corrected chi connectivity index (χ2v) is 6.74. The molecule has 4 heteroatoms. The van der Waals surface area contributed by atoms with Crippen LogP contribution in [0.1, 0.15) is 40.0 Å². The number of nitrogens with zero attached hydrogens (tertiary/aromatic N) is 1. The molecular formula is C16H29NO3. The Morgan fingerprint density at radius 1 is 1.30 bits per heavy atom. The SMILES string of the molecule is CC(C)[C@H]1CC[C@H](C)C[C@H]1OC(=O)CN1CCOCC1. The predicted molar refractivity (Wildman–Crippen MR) is 78.5 cm³/mol. The summed E-state index contributed by atoms with van der Waals surface area (Å²) in [5.74, 6) is 1.73. The van der Waals surface area contributed by atoms with Gasteiger partial charge in [0, 0.05) is 13.1 Å². The molecular weight excluding hydrogens is 254 g/mol. The summed E-state index contributed by atoms with van der Waals surface area (Å²) in [7, 11) is 0. The average molecular weight is 283 g/mol. The van der Waals surface area contributed by atoms with Crippen molar-refractivity contribution in [3.8, 4) is 0 Å². The molecule has 3 atom stereocenters. The molecule has 1 aliphatic carbocycles. The largest absolute Gasteiger partial charge is 0.461 e. The van der Waals surface area contributed by atoms with Crippen LogP contribution in [0.25, 0.3) is 0 Å². The van der Waals surface area contributed by atoms with Gasteiger partial charge in [-0.05, 0) is 30.6 Å². The zero-order chi connectivity index (χ0) is 14.5. The van der Waals surface area contributed by atoms with Crippen molar-refractivity contribution in [2.24, 2.45) is 17.8 Å². The lowest BCUT2D eigenvalue weighted by molar-refractivity contribution is -0.158. The van der Waals surface area contributed by atoms with Crippen LogP contribution in [0, 0.1) is 17.8 Å². The summed E-state index contributed by atoms with van der Waals surface area (Å²) in [6.07, 6.45) is 3.60. The maximum Gasteiger partial charge on any atom is 0.320 e. The minimum absolute atomic E-state index is 0.0587. The van der Waals surface area contributed by atoms with Crippen LogP contribution in [0.5, 0.6) is 0 Å². The second kappa shape index (κ2) is 7.41. The van der Waals surface area contributed by atoms with Crippen molar-refractivity contribution in [1.29, 1.82) is 0 Å². The number of esters is 1. The van der Waals surface area contributed by atoms with E-state index in [0.29, 0.717) is 24.3 Å². The maximum atomic E-state index is 12.1. The first-order valence-electron chi connectivity index (χ1n) is 8.06. The lowest BCUT2D eigenvalue weighted by atomic mass is 9.75. The highest BCUT2D eigenvalue weighted by atomic mass is 16.5. The van der Waals surface area contributed by atoms with E-state index in [1.54, 1.807) is 0 Å². The summed E-state index contributed by atoms with van der Waals surface area (Å²) in [6.45, 7) is 10.3. The third kappa shape index (κ3) is 4.45. The van der Waals surface area contributed by atoms with Crippen LogP contribution >= 0.6 is 0 Å². The van der Waals surface area contributed by atoms with Gasteiger partial charge in [0.1, 0.15) is 6.10 Å². The Bertz CT molecular complexity index is 313. The summed E-state index contributed by atoms with van der Waals surface area (Å²) in [6, 6.07) is 0. The molecule has 2 fully saturated rings. The number of carbonyl (C=O) groups is 1. The zero-order valence-electron chi connectivity index (χ0n) is 13.1. The molecule has 2 aliphatic rings. The van der Waals surface area contributed by atoms with Crippen LogP contribution in [0.15, 0.2) is 0 Å². The Morgan fingerprint density at radius 3 is 2.65 bits per heavy atom. The van der Waals surface area contributed by atoms with Crippen molar-refractivity contribution in [2.45, 2.75) is 46.1 Å². The number of rotatable bonds is 4. The van der Waals surface area contributed by atoms with E-state index in [1.165, 1.54) is 12.8 Å². The smallest absolute Gasteiger partial charge is 0.320 e. The molecule has 1 aliphatic heterocycles. The van der Waals surface area contributed by atoms with Gasteiger partial charge in [0.2, 0.25) is 0 Å². The molecule has 0 aromatic rings. The van der Waals surface area contributed by atoms with Gasteiger partial charge in [-0.15, -0.1) is 0 Å². The maximum absolute atomic E-state index is 12.1. The second-order valence-electron chi connectivity index (χ2n) is 6.74. The molecule has 2 rings (SSSR count). The van der Waals surface area contributed by atoms with E-state index in [4.69, 9.17) is 9.47 Å². The van der Waals surface area contributed by atoms with Gasteiger partial charge >= 0.3 is 5.97 Å². The molecule has 4 nitrogen and oxygen atoms in total. The van der Waals surface area contributed by atoms with E-state index in [2.05, 4.69) is 25.7 Å². The fourth-order valence-electron chi connectivity index (χ4n) is 3.40.